The number of nitrogens with one attached hydrogen (secondary N) is 1. The maximum absolute atomic E-state index is 13.4. The van der Waals surface area contributed by atoms with E-state index in [0.29, 0.717) is 12.2 Å². The lowest BCUT2D eigenvalue weighted by Gasteiger charge is -2.07. The molecule has 1 aromatic heterocycles. The van der Waals surface area contributed by atoms with Gasteiger partial charge in [-0.2, -0.15) is 0 Å². The minimum atomic E-state index is -0.257. The van der Waals surface area contributed by atoms with Gasteiger partial charge in [0.05, 0.1) is 12.2 Å². The Labute approximate surface area is 93.1 Å². The number of hydrogen-bond acceptors (Lipinski definition) is 3. The van der Waals surface area contributed by atoms with Crippen LogP contribution in [0.5, 0.6) is 0 Å². The summed E-state index contributed by atoms with van der Waals surface area (Å²) >= 11 is 0. The van der Waals surface area contributed by atoms with Gasteiger partial charge in [0.25, 0.3) is 0 Å². The molecule has 0 atom stereocenters. The van der Waals surface area contributed by atoms with Crippen LogP contribution in [0, 0.1) is 12.7 Å². The van der Waals surface area contributed by atoms with Gasteiger partial charge in [-0.15, -0.1) is 10.2 Å². The number of nitrogens with zero attached hydrogens (tertiary/aromatic N) is 3. The highest BCUT2D eigenvalue weighted by atomic mass is 19.1. The third kappa shape index (κ3) is 2.18. The number of aryl methyl sites for hydroxylation is 2. The summed E-state index contributed by atoms with van der Waals surface area (Å²) in [6.45, 7) is 2.38. The maximum Gasteiger partial charge on any atom is 0.151 e. The number of aromatic nitrogens is 3. The first-order chi connectivity index (χ1) is 7.66. The SMILES string of the molecule is Cc1ccc(F)c(NCc2nncn2C)c1. The molecule has 0 aliphatic heterocycles. The van der Waals surface area contributed by atoms with E-state index in [9.17, 15) is 4.39 Å². The third-order valence-electron chi connectivity index (χ3n) is 2.36. The standard InChI is InChI=1S/C11H13FN4/c1-8-3-4-9(12)10(5-8)13-6-11-15-14-7-16(11)2/h3-5,7,13H,6H2,1-2H3. The van der Waals surface area contributed by atoms with Gasteiger partial charge in [0.15, 0.2) is 5.82 Å². The zero-order valence-electron chi connectivity index (χ0n) is 9.24. The molecule has 1 heterocycles. The van der Waals surface area contributed by atoms with Gasteiger partial charge in [-0.1, -0.05) is 6.07 Å². The second-order valence-electron chi connectivity index (χ2n) is 3.69. The van der Waals surface area contributed by atoms with Crippen LogP contribution in [-0.2, 0) is 13.6 Å². The van der Waals surface area contributed by atoms with Crippen molar-refractivity contribution in [2.45, 2.75) is 13.5 Å². The molecular weight excluding hydrogens is 207 g/mol. The Morgan fingerprint density at radius 3 is 2.94 bits per heavy atom. The molecule has 0 saturated carbocycles. The summed E-state index contributed by atoms with van der Waals surface area (Å²) in [6.07, 6.45) is 1.61. The van der Waals surface area contributed by atoms with E-state index >= 15 is 0 Å². The Bertz CT molecular complexity index is 492. The fraction of sp³-hybridized carbons (Fsp3) is 0.273. The Hall–Kier alpha value is -1.91. The second kappa shape index (κ2) is 4.30. The Kier molecular flexibility index (Phi) is 2.85. The highest BCUT2D eigenvalue weighted by Gasteiger charge is 2.04. The molecule has 0 spiro atoms. The lowest BCUT2D eigenvalue weighted by atomic mass is 10.2. The van der Waals surface area contributed by atoms with Crippen LogP contribution in [0.25, 0.3) is 0 Å². The predicted molar refractivity (Wildman–Crippen MR) is 59.5 cm³/mol. The summed E-state index contributed by atoms with van der Waals surface area (Å²) in [5.41, 5.74) is 1.50. The average Bonchev–Trinajstić information content (AvgIpc) is 2.66. The minimum Gasteiger partial charge on any atom is -0.375 e. The molecule has 1 aromatic carbocycles. The van der Waals surface area contributed by atoms with Crippen molar-refractivity contribution in [1.29, 1.82) is 0 Å². The average molecular weight is 220 g/mol. The van der Waals surface area contributed by atoms with Crippen molar-refractivity contribution in [2.75, 3.05) is 5.32 Å². The van der Waals surface area contributed by atoms with Crippen molar-refractivity contribution < 1.29 is 4.39 Å². The molecule has 4 nitrogen and oxygen atoms in total. The van der Waals surface area contributed by atoms with Crippen molar-refractivity contribution in [1.82, 2.24) is 14.8 Å². The van der Waals surface area contributed by atoms with Gasteiger partial charge in [-0.3, -0.25) is 0 Å². The van der Waals surface area contributed by atoms with E-state index in [2.05, 4.69) is 15.5 Å². The topological polar surface area (TPSA) is 42.7 Å². The molecule has 0 saturated heterocycles. The number of benzene rings is 1. The number of hydrogen-bond donors (Lipinski definition) is 1. The summed E-state index contributed by atoms with van der Waals surface area (Å²) < 4.78 is 15.2. The first kappa shape index (κ1) is 10.6. The van der Waals surface area contributed by atoms with Crippen molar-refractivity contribution in [3.63, 3.8) is 0 Å². The van der Waals surface area contributed by atoms with Gasteiger partial charge >= 0.3 is 0 Å². The molecule has 2 aromatic rings. The van der Waals surface area contributed by atoms with E-state index in [1.54, 1.807) is 23.0 Å². The van der Waals surface area contributed by atoms with Crippen LogP contribution in [0.3, 0.4) is 0 Å². The van der Waals surface area contributed by atoms with Gasteiger partial charge in [0.2, 0.25) is 0 Å². The van der Waals surface area contributed by atoms with Gasteiger partial charge in [0, 0.05) is 7.05 Å². The fourth-order valence-electron chi connectivity index (χ4n) is 1.42. The van der Waals surface area contributed by atoms with E-state index in [1.807, 2.05) is 14.0 Å². The number of rotatable bonds is 3. The van der Waals surface area contributed by atoms with Crippen molar-refractivity contribution >= 4 is 5.69 Å². The van der Waals surface area contributed by atoms with Gasteiger partial charge in [-0.25, -0.2) is 4.39 Å². The fourth-order valence-corrected chi connectivity index (χ4v) is 1.42. The van der Waals surface area contributed by atoms with Crippen molar-refractivity contribution in [3.8, 4) is 0 Å². The van der Waals surface area contributed by atoms with Crippen molar-refractivity contribution in [3.05, 3.63) is 41.7 Å². The lowest BCUT2D eigenvalue weighted by Crippen LogP contribution is -2.06. The molecule has 0 bridgehead atoms. The molecule has 1 N–H and O–H groups in total. The highest BCUT2D eigenvalue weighted by molar-refractivity contribution is 5.46. The number of anilines is 1. The van der Waals surface area contributed by atoms with Crippen LogP contribution in [0.15, 0.2) is 24.5 Å². The van der Waals surface area contributed by atoms with Crippen LogP contribution < -0.4 is 5.32 Å². The first-order valence-electron chi connectivity index (χ1n) is 4.99. The maximum atomic E-state index is 13.4. The summed E-state index contributed by atoms with van der Waals surface area (Å²) in [7, 11) is 1.85. The third-order valence-corrected chi connectivity index (χ3v) is 2.36. The van der Waals surface area contributed by atoms with Crippen LogP contribution in [0.1, 0.15) is 11.4 Å². The first-order valence-corrected chi connectivity index (χ1v) is 4.99. The molecule has 0 aliphatic rings. The lowest BCUT2D eigenvalue weighted by molar-refractivity contribution is 0.629. The quantitative estimate of drug-likeness (QED) is 0.858. The summed E-state index contributed by atoms with van der Waals surface area (Å²) in [4.78, 5) is 0. The zero-order chi connectivity index (χ0) is 11.5. The number of halogens is 1. The molecule has 84 valence electrons. The van der Waals surface area contributed by atoms with Crippen LogP contribution in [0.4, 0.5) is 10.1 Å². The molecule has 2 rings (SSSR count). The molecule has 0 radical (unpaired) electrons. The molecular formula is C11H13FN4. The molecule has 0 unspecified atom stereocenters. The second-order valence-corrected chi connectivity index (χ2v) is 3.69. The van der Waals surface area contributed by atoms with Gasteiger partial charge < -0.3 is 9.88 Å². The Morgan fingerprint density at radius 2 is 2.25 bits per heavy atom. The van der Waals surface area contributed by atoms with E-state index in [-0.39, 0.29) is 5.82 Å². The predicted octanol–water partition coefficient (Wildman–Crippen LogP) is 1.87. The Balaban J connectivity index is 2.10. The normalized spacial score (nSPS) is 10.4. The van der Waals surface area contributed by atoms with Gasteiger partial charge in [-0.05, 0) is 24.6 Å². The Morgan fingerprint density at radius 1 is 1.44 bits per heavy atom. The largest absolute Gasteiger partial charge is 0.375 e. The van der Waals surface area contributed by atoms with E-state index in [0.717, 1.165) is 11.4 Å². The van der Waals surface area contributed by atoms with E-state index < -0.39 is 0 Å². The van der Waals surface area contributed by atoms with Crippen LogP contribution in [0.2, 0.25) is 0 Å². The van der Waals surface area contributed by atoms with Crippen LogP contribution >= 0.6 is 0 Å². The molecule has 0 amide bonds. The van der Waals surface area contributed by atoms with E-state index in [4.69, 9.17) is 0 Å². The minimum absolute atomic E-state index is 0.257. The summed E-state index contributed by atoms with van der Waals surface area (Å²) in [5.74, 6) is 0.508. The smallest absolute Gasteiger partial charge is 0.151 e. The van der Waals surface area contributed by atoms with E-state index in [1.165, 1.54) is 6.07 Å². The molecule has 16 heavy (non-hydrogen) atoms. The summed E-state index contributed by atoms with van der Waals surface area (Å²) in [5, 5.41) is 10.7. The van der Waals surface area contributed by atoms with Crippen LogP contribution in [-0.4, -0.2) is 14.8 Å². The molecule has 0 fully saturated rings. The van der Waals surface area contributed by atoms with Gasteiger partial charge in [0.1, 0.15) is 12.1 Å². The summed E-state index contributed by atoms with van der Waals surface area (Å²) in [6, 6.07) is 4.96. The molecule has 5 heteroatoms. The van der Waals surface area contributed by atoms with Crippen molar-refractivity contribution in [2.24, 2.45) is 7.05 Å². The monoisotopic (exact) mass is 220 g/mol. The molecule has 0 aliphatic carbocycles. The zero-order valence-corrected chi connectivity index (χ0v) is 9.24. The highest BCUT2D eigenvalue weighted by Crippen LogP contribution is 2.16.